The van der Waals surface area contributed by atoms with Crippen molar-refractivity contribution in [3.8, 4) is 10.6 Å². The van der Waals surface area contributed by atoms with E-state index in [0.29, 0.717) is 12.3 Å². The lowest BCUT2D eigenvalue weighted by molar-refractivity contribution is -0.121. The highest BCUT2D eigenvalue weighted by Gasteiger charge is 2.22. The minimum Gasteiger partial charge on any atom is -0.359 e. The van der Waals surface area contributed by atoms with Gasteiger partial charge in [0.15, 0.2) is 5.96 Å². The summed E-state index contributed by atoms with van der Waals surface area (Å²) in [6, 6.07) is 10.3. The summed E-state index contributed by atoms with van der Waals surface area (Å²) in [5, 5.41) is 9.39. The first-order valence-corrected chi connectivity index (χ1v) is 10.7. The Balaban J connectivity index is 0.00000300. The Hall–Kier alpha value is -1.68. The number of aliphatic imine (C=N–C) groups is 1. The number of amides is 1. The van der Waals surface area contributed by atoms with E-state index in [-0.39, 0.29) is 29.9 Å². The van der Waals surface area contributed by atoms with Gasteiger partial charge in [-0.1, -0.05) is 30.3 Å². The van der Waals surface area contributed by atoms with Crippen molar-refractivity contribution in [2.75, 3.05) is 33.7 Å². The lowest BCUT2D eigenvalue weighted by Gasteiger charge is -2.34. The number of aromatic nitrogens is 1. The van der Waals surface area contributed by atoms with Gasteiger partial charge in [0.2, 0.25) is 5.91 Å². The zero-order valence-electron chi connectivity index (χ0n) is 17.1. The summed E-state index contributed by atoms with van der Waals surface area (Å²) in [6.07, 6.45) is 3.56. The number of thiazole rings is 1. The monoisotopic (exact) mass is 527 g/mol. The van der Waals surface area contributed by atoms with E-state index in [4.69, 9.17) is 4.98 Å². The highest BCUT2D eigenvalue weighted by molar-refractivity contribution is 14.0. The quantitative estimate of drug-likeness (QED) is 0.344. The molecule has 3 rings (SSSR count). The van der Waals surface area contributed by atoms with Crippen molar-refractivity contribution in [2.24, 2.45) is 10.9 Å². The van der Waals surface area contributed by atoms with Crippen LogP contribution < -0.4 is 10.6 Å². The molecule has 158 valence electrons. The molecule has 6 nitrogen and oxygen atoms in total. The van der Waals surface area contributed by atoms with Gasteiger partial charge in [0.1, 0.15) is 5.01 Å². The molecular formula is C21H30IN5OS. The normalized spacial score (nSPS) is 15.0. The van der Waals surface area contributed by atoms with Crippen molar-refractivity contribution in [3.63, 3.8) is 0 Å². The highest BCUT2D eigenvalue weighted by atomic mass is 127. The number of hydrogen-bond acceptors (Lipinski definition) is 4. The lowest BCUT2D eigenvalue weighted by Crippen LogP contribution is -2.46. The van der Waals surface area contributed by atoms with Crippen LogP contribution in [-0.4, -0.2) is 55.5 Å². The Kier molecular flexibility index (Phi) is 9.86. The number of guanidine groups is 1. The third kappa shape index (κ3) is 6.95. The second kappa shape index (κ2) is 12.1. The number of benzene rings is 1. The van der Waals surface area contributed by atoms with Gasteiger partial charge < -0.3 is 15.5 Å². The van der Waals surface area contributed by atoms with Crippen LogP contribution in [0, 0.1) is 5.92 Å². The predicted octanol–water partition coefficient (Wildman–Crippen LogP) is 3.39. The van der Waals surface area contributed by atoms with Gasteiger partial charge >= 0.3 is 0 Å². The average Bonchev–Trinajstić information content (AvgIpc) is 3.21. The number of piperidine rings is 1. The first-order valence-electron chi connectivity index (χ1n) is 9.85. The largest absolute Gasteiger partial charge is 0.359 e. The molecule has 1 saturated heterocycles. The molecule has 1 aromatic heterocycles. The van der Waals surface area contributed by atoms with Crippen LogP contribution in [0.4, 0.5) is 0 Å². The molecule has 0 radical (unpaired) electrons. The molecule has 8 heteroatoms. The molecule has 29 heavy (non-hydrogen) atoms. The maximum absolute atomic E-state index is 11.6. The van der Waals surface area contributed by atoms with Crippen LogP contribution in [0.25, 0.3) is 10.6 Å². The van der Waals surface area contributed by atoms with Crippen molar-refractivity contribution >= 4 is 47.2 Å². The van der Waals surface area contributed by atoms with E-state index in [1.54, 1.807) is 18.4 Å². The molecule has 1 fully saturated rings. The van der Waals surface area contributed by atoms with E-state index < -0.39 is 0 Å². The molecule has 0 aliphatic carbocycles. The number of halogens is 1. The van der Waals surface area contributed by atoms with Crippen molar-refractivity contribution in [2.45, 2.75) is 25.7 Å². The smallest absolute Gasteiger partial charge is 0.220 e. The Bertz CT molecular complexity index is 787. The molecule has 2 N–H and O–H groups in total. The van der Waals surface area contributed by atoms with Crippen LogP contribution >= 0.6 is 35.3 Å². The molecule has 1 amide bonds. The van der Waals surface area contributed by atoms with E-state index in [9.17, 15) is 4.79 Å². The van der Waals surface area contributed by atoms with E-state index in [2.05, 4.69) is 38.0 Å². The summed E-state index contributed by atoms with van der Waals surface area (Å²) in [7, 11) is 3.53. The van der Waals surface area contributed by atoms with Crippen molar-refractivity contribution in [1.82, 2.24) is 20.5 Å². The number of nitrogens with zero attached hydrogens (tertiary/aromatic N) is 3. The van der Waals surface area contributed by atoms with Gasteiger partial charge in [-0.15, -0.1) is 35.3 Å². The van der Waals surface area contributed by atoms with Crippen LogP contribution in [0.3, 0.4) is 0 Å². The summed E-state index contributed by atoms with van der Waals surface area (Å²) in [6.45, 7) is 2.69. The molecule has 0 unspecified atom stereocenters. The van der Waals surface area contributed by atoms with Gasteiger partial charge in [0, 0.05) is 57.5 Å². The average molecular weight is 527 g/mol. The molecule has 1 aromatic carbocycles. The molecular weight excluding hydrogens is 497 g/mol. The van der Waals surface area contributed by atoms with E-state index >= 15 is 0 Å². The van der Waals surface area contributed by atoms with Gasteiger partial charge in [-0.05, 0) is 18.8 Å². The van der Waals surface area contributed by atoms with Gasteiger partial charge in [-0.25, -0.2) is 4.98 Å². The molecule has 1 aliphatic heterocycles. The molecule has 0 atom stereocenters. The van der Waals surface area contributed by atoms with E-state index in [1.807, 2.05) is 25.2 Å². The molecule has 0 spiro atoms. The fourth-order valence-electron chi connectivity index (χ4n) is 3.48. The number of carbonyl (C=O) groups is 1. The van der Waals surface area contributed by atoms with Gasteiger partial charge in [-0.3, -0.25) is 9.79 Å². The topological polar surface area (TPSA) is 69.6 Å². The zero-order chi connectivity index (χ0) is 19.8. The second-order valence-corrected chi connectivity index (χ2v) is 7.90. The number of carbonyl (C=O) groups excluding carboxylic acids is 1. The minimum atomic E-state index is 0. The molecule has 2 heterocycles. The predicted molar refractivity (Wildman–Crippen MR) is 131 cm³/mol. The molecule has 1 aliphatic rings. The second-order valence-electron chi connectivity index (χ2n) is 7.04. The van der Waals surface area contributed by atoms with Gasteiger partial charge in [-0.2, -0.15) is 0 Å². The lowest BCUT2D eigenvalue weighted by atomic mass is 9.93. The van der Waals surface area contributed by atoms with Crippen LogP contribution in [0.2, 0.25) is 0 Å². The third-order valence-corrected chi connectivity index (χ3v) is 6.06. The number of likely N-dealkylation sites (tertiary alicyclic amines) is 1. The Labute approximate surface area is 194 Å². The first-order chi connectivity index (χ1) is 13.7. The standard InChI is InChI=1S/C21H29N5OS.HI/c1-22-19(27)14-16-9-12-26(13-10-16)21(23-2)24-11-8-18-15-28-20(25-18)17-6-4-3-5-7-17;/h3-7,15-16H,8-14H2,1-2H3,(H,22,27)(H,23,24);1H. The highest BCUT2D eigenvalue weighted by Crippen LogP contribution is 2.23. The van der Waals surface area contributed by atoms with Crippen molar-refractivity contribution in [3.05, 3.63) is 41.4 Å². The summed E-state index contributed by atoms with van der Waals surface area (Å²) in [4.78, 5) is 23.0. The summed E-state index contributed by atoms with van der Waals surface area (Å²) >= 11 is 1.69. The maximum Gasteiger partial charge on any atom is 0.220 e. The van der Waals surface area contributed by atoms with Gasteiger partial charge in [0.25, 0.3) is 0 Å². The van der Waals surface area contributed by atoms with E-state index in [1.165, 1.54) is 5.56 Å². The van der Waals surface area contributed by atoms with Crippen LogP contribution in [-0.2, 0) is 11.2 Å². The zero-order valence-corrected chi connectivity index (χ0v) is 20.2. The Morgan fingerprint density at radius 2 is 2.00 bits per heavy atom. The summed E-state index contributed by atoms with van der Waals surface area (Å²) < 4.78 is 0. The van der Waals surface area contributed by atoms with Crippen LogP contribution in [0.1, 0.15) is 25.0 Å². The van der Waals surface area contributed by atoms with Crippen molar-refractivity contribution < 1.29 is 4.79 Å². The van der Waals surface area contributed by atoms with Crippen molar-refractivity contribution in [1.29, 1.82) is 0 Å². The number of hydrogen-bond donors (Lipinski definition) is 2. The van der Waals surface area contributed by atoms with Crippen LogP contribution in [0.15, 0.2) is 40.7 Å². The molecule has 0 saturated carbocycles. The molecule has 2 aromatic rings. The minimum absolute atomic E-state index is 0. The summed E-state index contributed by atoms with van der Waals surface area (Å²) in [5.41, 5.74) is 2.28. The summed E-state index contributed by atoms with van der Waals surface area (Å²) in [5.74, 6) is 1.55. The fourth-order valence-corrected chi connectivity index (χ4v) is 4.34. The number of nitrogens with one attached hydrogen (secondary N) is 2. The third-order valence-electron chi connectivity index (χ3n) is 5.12. The Morgan fingerprint density at radius 3 is 2.66 bits per heavy atom. The van der Waals surface area contributed by atoms with E-state index in [0.717, 1.165) is 55.6 Å². The van der Waals surface area contributed by atoms with Crippen LogP contribution in [0.5, 0.6) is 0 Å². The molecule has 0 bridgehead atoms. The Morgan fingerprint density at radius 1 is 1.28 bits per heavy atom. The number of rotatable bonds is 6. The SMILES string of the molecule is CN=C(NCCc1csc(-c2ccccc2)n1)N1CCC(CC(=O)NC)CC1.I. The first kappa shape index (κ1) is 23.6. The maximum atomic E-state index is 11.6. The fraction of sp³-hybridized carbons (Fsp3) is 0.476. The van der Waals surface area contributed by atoms with Gasteiger partial charge in [0.05, 0.1) is 5.69 Å².